The Balaban J connectivity index is 2.25. The molecule has 20 heavy (non-hydrogen) atoms. The summed E-state index contributed by atoms with van der Waals surface area (Å²) in [5, 5.41) is 0.0937. The van der Waals surface area contributed by atoms with Crippen LogP contribution in [0.5, 0.6) is 5.75 Å². The van der Waals surface area contributed by atoms with Crippen molar-refractivity contribution in [2.24, 2.45) is 0 Å². The zero-order valence-corrected chi connectivity index (χ0v) is 13.8. The van der Waals surface area contributed by atoms with Crippen molar-refractivity contribution in [1.29, 1.82) is 0 Å². The molecule has 2 rings (SSSR count). The maximum Gasteiger partial charge on any atom is 0.148 e. The van der Waals surface area contributed by atoms with Crippen LogP contribution >= 0.6 is 39.1 Å². The van der Waals surface area contributed by atoms with Crippen molar-refractivity contribution in [2.75, 3.05) is 0 Å². The summed E-state index contributed by atoms with van der Waals surface area (Å²) >= 11 is 15.1. The molecular formula is C15H12BrCl2FO. The monoisotopic (exact) mass is 376 g/mol. The van der Waals surface area contributed by atoms with Gasteiger partial charge in [-0.3, -0.25) is 0 Å². The Bertz CT molecular complexity index is 632. The van der Waals surface area contributed by atoms with Crippen molar-refractivity contribution < 1.29 is 9.13 Å². The van der Waals surface area contributed by atoms with Crippen LogP contribution in [0.25, 0.3) is 0 Å². The number of benzene rings is 2. The van der Waals surface area contributed by atoms with Crippen LogP contribution in [-0.4, -0.2) is 0 Å². The number of alkyl halides is 1. The lowest BCUT2D eigenvalue weighted by Gasteiger charge is -2.14. The van der Waals surface area contributed by atoms with E-state index in [0.717, 1.165) is 15.6 Å². The largest absolute Gasteiger partial charge is 0.488 e. The van der Waals surface area contributed by atoms with E-state index >= 15 is 0 Å². The quantitative estimate of drug-likeness (QED) is 0.605. The van der Waals surface area contributed by atoms with Gasteiger partial charge in [-0.25, -0.2) is 4.39 Å². The molecule has 0 bridgehead atoms. The van der Waals surface area contributed by atoms with Crippen molar-refractivity contribution in [3.63, 3.8) is 0 Å². The first-order valence-electron chi connectivity index (χ1n) is 5.93. The third kappa shape index (κ3) is 3.46. The molecule has 0 aliphatic carbocycles. The first-order valence-corrected chi connectivity index (χ1v) is 7.64. The van der Waals surface area contributed by atoms with Crippen LogP contribution in [0, 0.1) is 12.7 Å². The second-order valence-corrected chi connectivity index (χ2v) is 5.94. The highest BCUT2D eigenvalue weighted by Crippen LogP contribution is 2.30. The normalized spacial score (nSPS) is 10.7. The molecule has 0 spiro atoms. The number of hydrogen-bond acceptors (Lipinski definition) is 1. The summed E-state index contributed by atoms with van der Waals surface area (Å²) in [6, 6.07) is 8.68. The molecule has 5 heteroatoms. The fourth-order valence-electron chi connectivity index (χ4n) is 1.91. The van der Waals surface area contributed by atoms with E-state index in [2.05, 4.69) is 15.9 Å². The van der Waals surface area contributed by atoms with Crippen molar-refractivity contribution in [3.05, 3.63) is 62.3 Å². The predicted octanol–water partition coefficient (Wildman–Crippen LogP) is 5.87. The SMILES string of the molecule is Cc1cc(Br)cc(CCl)c1OCc1cccc(Cl)c1F. The number of aryl methyl sites for hydroxylation is 1. The van der Waals surface area contributed by atoms with Gasteiger partial charge < -0.3 is 4.74 Å². The minimum absolute atomic E-state index is 0.0937. The Hall–Kier alpha value is -0.770. The molecule has 1 nitrogen and oxygen atoms in total. The molecule has 0 amide bonds. The summed E-state index contributed by atoms with van der Waals surface area (Å²) in [5.74, 6) is 0.562. The minimum Gasteiger partial charge on any atom is -0.488 e. The molecular weight excluding hydrogens is 366 g/mol. The number of halogens is 4. The van der Waals surface area contributed by atoms with E-state index in [0.29, 0.717) is 17.2 Å². The molecule has 0 aromatic heterocycles. The van der Waals surface area contributed by atoms with E-state index in [4.69, 9.17) is 27.9 Å². The highest BCUT2D eigenvalue weighted by atomic mass is 79.9. The average molecular weight is 378 g/mol. The van der Waals surface area contributed by atoms with E-state index in [9.17, 15) is 4.39 Å². The topological polar surface area (TPSA) is 9.23 Å². The van der Waals surface area contributed by atoms with Gasteiger partial charge in [-0.05, 0) is 30.7 Å². The zero-order valence-electron chi connectivity index (χ0n) is 10.7. The van der Waals surface area contributed by atoms with Crippen LogP contribution in [0.3, 0.4) is 0 Å². The molecule has 0 N–H and O–H groups in total. The molecule has 0 unspecified atom stereocenters. The van der Waals surface area contributed by atoms with E-state index in [1.54, 1.807) is 12.1 Å². The summed E-state index contributed by atoms with van der Waals surface area (Å²) in [5.41, 5.74) is 2.22. The Morgan fingerprint density at radius 3 is 2.70 bits per heavy atom. The summed E-state index contributed by atoms with van der Waals surface area (Å²) in [6.45, 7) is 2.03. The van der Waals surface area contributed by atoms with Gasteiger partial charge in [0.1, 0.15) is 18.2 Å². The molecule has 0 saturated heterocycles. The van der Waals surface area contributed by atoms with Crippen LogP contribution in [0.4, 0.5) is 4.39 Å². The van der Waals surface area contributed by atoms with Gasteiger partial charge in [-0.15, -0.1) is 11.6 Å². The lowest BCUT2D eigenvalue weighted by molar-refractivity contribution is 0.295. The summed E-state index contributed by atoms with van der Waals surface area (Å²) < 4.78 is 20.5. The van der Waals surface area contributed by atoms with E-state index in [-0.39, 0.29) is 11.6 Å². The van der Waals surface area contributed by atoms with Gasteiger partial charge in [0, 0.05) is 15.6 Å². The number of rotatable bonds is 4. The molecule has 106 valence electrons. The smallest absolute Gasteiger partial charge is 0.148 e. The van der Waals surface area contributed by atoms with Gasteiger partial charge in [0.05, 0.1) is 10.9 Å². The van der Waals surface area contributed by atoms with E-state index in [1.807, 2.05) is 19.1 Å². The Kier molecular flexibility index (Phi) is 5.30. The van der Waals surface area contributed by atoms with Crippen LogP contribution in [0.1, 0.15) is 16.7 Å². The molecule has 0 heterocycles. The molecule has 2 aromatic rings. The van der Waals surface area contributed by atoms with Crippen molar-refractivity contribution >= 4 is 39.1 Å². The van der Waals surface area contributed by atoms with Gasteiger partial charge >= 0.3 is 0 Å². The van der Waals surface area contributed by atoms with Gasteiger partial charge in [-0.1, -0.05) is 39.7 Å². The predicted molar refractivity (Wildman–Crippen MR) is 84.2 cm³/mol. The van der Waals surface area contributed by atoms with E-state index in [1.165, 1.54) is 6.07 Å². The van der Waals surface area contributed by atoms with Crippen molar-refractivity contribution in [1.82, 2.24) is 0 Å². The first-order chi connectivity index (χ1) is 9.52. The van der Waals surface area contributed by atoms with E-state index < -0.39 is 5.82 Å². The van der Waals surface area contributed by atoms with Crippen LogP contribution in [-0.2, 0) is 12.5 Å². The Labute approximate surface area is 135 Å². The molecule has 0 saturated carbocycles. The molecule has 0 fully saturated rings. The number of hydrogen-bond donors (Lipinski definition) is 0. The second-order valence-electron chi connectivity index (χ2n) is 4.35. The van der Waals surface area contributed by atoms with Crippen molar-refractivity contribution in [3.8, 4) is 5.75 Å². The highest BCUT2D eigenvalue weighted by molar-refractivity contribution is 9.10. The Morgan fingerprint density at radius 2 is 2.00 bits per heavy atom. The fraction of sp³-hybridized carbons (Fsp3) is 0.200. The molecule has 0 atom stereocenters. The van der Waals surface area contributed by atoms with Gasteiger partial charge in [0.15, 0.2) is 0 Å². The van der Waals surface area contributed by atoms with Crippen LogP contribution in [0.15, 0.2) is 34.8 Å². The number of ether oxygens (including phenoxy) is 1. The third-order valence-electron chi connectivity index (χ3n) is 2.86. The maximum absolute atomic E-state index is 13.8. The van der Waals surface area contributed by atoms with Gasteiger partial charge in [-0.2, -0.15) is 0 Å². The summed E-state index contributed by atoms with van der Waals surface area (Å²) in [4.78, 5) is 0. The molecule has 0 aliphatic heterocycles. The maximum atomic E-state index is 13.8. The lowest BCUT2D eigenvalue weighted by Crippen LogP contribution is -2.02. The summed E-state index contributed by atoms with van der Waals surface area (Å²) in [7, 11) is 0. The third-order valence-corrected chi connectivity index (χ3v) is 3.90. The molecule has 0 aliphatic rings. The standard InChI is InChI=1S/C15H12BrCl2FO/c1-9-5-12(16)6-11(7-17)15(9)20-8-10-3-2-4-13(18)14(10)19/h2-6H,7-8H2,1H3. The zero-order chi connectivity index (χ0) is 14.7. The molecule has 2 aromatic carbocycles. The average Bonchev–Trinajstić information content (AvgIpc) is 2.41. The van der Waals surface area contributed by atoms with Crippen LogP contribution < -0.4 is 4.74 Å². The van der Waals surface area contributed by atoms with Crippen molar-refractivity contribution in [2.45, 2.75) is 19.4 Å². The second kappa shape index (κ2) is 6.79. The van der Waals surface area contributed by atoms with Gasteiger partial charge in [0.2, 0.25) is 0 Å². The lowest BCUT2D eigenvalue weighted by atomic mass is 10.1. The first kappa shape index (κ1) is 15.6. The van der Waals surface area contributed by atoms with Crippen LogP contribution in [0.2, 0.25) is 5.02 Å². The summed E-state index contributed by atoms with van der Waals surface area (Å²) in [6.07, 6.45) is 0. The highest BCUT2D eigenvalue weighted by Gasteiger charge is 2.11. The fourth-order valence-corrected chi connectivity index (χ4v) is 2.93. The van der Waals surface area contributed by atoms with Gasteiger partial charge in [0.25, 0.3) is 0 Å². The minimum atomic E-state index is -0.448. The Morgan fingerprint density at radius 1 is 1.25 bits per heavy atom. The molecule has 0 radical (unpaired) electrons.